The highest BCUT2D eigenvalue weighted by molar-refractivity contribution is 9.10. The van der Waals surface area contributed by atoms with Crippen LogP contribution in [0.2, 0.25) is 0 Å². The average Bonchev–Trinajstić information content (AvgIpc) is 3.15. The van der Waals surface area contributed by atoms with E-state index in [4.69, 9.17) is 0 Å². The molecule has 0 aromatic heterocycles. The molecule has 0 atom stereocenters. The van der Waals surface area contributed by atoms with Crippen molar-refractivity contribution in [1.82, 2.24) is 0 Å². The first-order valence-electron chi connectivity index (χ1n) is 9.44. The third-order valence-corrected chi connectivity index (χ3v) is 7.08. The number of halogens is 1. The van der Waals surface area contributed by atoms with Gasteiger partial charge in [0.1, 0.15) is 0 Å². The highest BCUT2D eigenvalue weighted by Gasteiger charge is 2.31. The van der Waals surface area contributed by atoms with Crippen LogP contribution < -0.4 is 10.2 Å². The topological polar surface area (TPSA) is 110 Å². The van der Waals surface area contributed by atoms with Gasteiger partial charge in [0.15, 0.2) is 9.84 Å². The van der Waals surface area contributed by atoms with E-state index in [0.29, 0.717) is 34.4 Å². The summed E-state index contributed by atoms with van der Waals surface area (Å²) < 4.78 is 31.3. The van der Waals surface area contributed by atoms with E-state index in [-0.39, 0.29) is 17.2 Å². The summed E-state index contributed by atoms with van der Waals surface area (Å²) in [7, 11) is -2.56. The zero-order valence-electron chi connectivity index (χ0n) is 17.0. The molecule has 0 unspecified atom stereocenters. The highest BCUT2D eigenvalue weighted by atomic mass is 79.9. The molecular weight excluding hydrogens is 488 g/mol. The Morgan fingerprint density at radius 2 is 1.84 bits per heavy atom. The summed E-state index contributed by atoms with van der Waals surface area (Å²) in [5.41, 5.74) is 1.94. The molecule has 0 aliphatic carbocycles. The van der Waals surface area contributed by atoms with Crippen LogP contribution in [0.25, 0.3) is 0 Å². The van der Waals surface area contributed by atoms with Crippen LogP contribution >= 0.6 is 15.9 Å². The summed E-state index contributed by atoms with van der Waals surface area (Å²) in [4.78, 5) is 37.2. The minimum absolute atomic E-state index is 0.0415. The highest BCUT2D eigenvalue weighted by Crippen LogP contribution is 2.38. The van der Waals surface area contributed by atoms with E-state index < -0.39 is 27.5 Å². The molecule has 0 spiro atoms. The third kappa shape index (κ3) is 5.13. The number of ether oxygens (including phenoxy) is 1. The summed E-state index contributed by atoms with van der Waals surface area (Å²) in [6, 6.07) is 9.34. The number of nitrogens with zero attached hydrogens (tertiary/aromatic N) is 1. The maximum Gasteiger partial charge on any atom is 0.337 e. The Morgan fingerprint density at radius 1 is 1.16 bits per heavy atom. The fourth-order valence-corrected chi connectivity index (χ4v) is 5.56. The zero-order chi connectivity index (χ0) is 22.8. The Morgan fingerprint density at radius 3 is 2.45 bits per heavy atom. The second-order valence-corrected chi connectivity index (χ2v) is 10.0. The number of hydrogen-bond acceptors (Lipinski definition) is 6. The number of esters is 1. The van der Waals surface area contributed by atoms with Gasteiger partial charge < -0.3 is 15.0 Å². The number of hydrogen-bond donors (Lipinski definition) is 1. The van der Waals surface area contributed by atoms with Gasteiger partial charge in [-0.1, -0.05) is 15.9 Å². The van der Waals surface area contributed by atoms with Crippen LogP contribution in [0.15, 0.2) is 45.8 Å². The molecule has 2 aromatic rings. The Labute approximate surface area is 188 Å². The molecule has 1 N–H and O–H groups in total. The van der Waals surface area contributed by atoms with Crippen molar-refractivity contribution < 1.29 is 27.5 Å². The molecule has 0 fully saturated rings. The number of benzene rings is 2. The van der Waals surface area contributed by atoms with Gasteiger partial charge >= 0.3 is 5.97 Å². The number of nitrogens with one attached hydrogen (secondary N) is 1. The van der Waals surface area contributed by atoms with Gasteiger partial charge in [0.05, 0.1) is 29.0 Å². The Kier molecular flexibility index (Phi) is 6.80. The van der Waals surface area contributed by atoms with Crippen molar-refractivity contribution in [3.05, 3.63) is 52.0 Å². The van der Waals surface area contributed by atoms with Crippen molar-refractivity contribution in [2.75, 3.05) is 29.6 Å². The maximum absolute atomic E-state index is 13.0. The Hall–Kier alpha value is -2.72. The molecule has 1 heterocycles. The van der Waals surface area contributed by atoms with Crippen molar-refractivity contribution in [1.29, 1.82) is 0 Å². The summed E-state index contributed by atoms with van der Waals surface area (Å²) in [6.45, 7) is 1.82. The molecule has 2 aromatic carbocycles. The van der Waals surface area contributed by atoms with Crippen LogP contribution in [0.4, 0.5) is 11.4 Å². The van der Waals surface area contributed by atoms with E-state index in [1.165, 1.54) is 49.3 Å². The van der Waals surface area contributed by atoms with Crippen LogP contribution in [0.5, 0.6) is 0 Å². The molecule has 0 bridgehead atoms. The lowest BCUT2D eigenvalue weighted by molar-refractivity contribution is -0.117. The number of rotatable bonds is 6. The predicted octanol–water partition coefficient (Wildman–Crippen LogP) is 2.95. The van der Waals surface area contributed by atoms with Crippen LogP contribution in [0, 0.1) is 0 Å². The number of sulfone groups is 1. The lowest BCUT2D eigenvalue weighted by atomic mass is 10.2. The molecule has 10 heteroatoms. The van der Waals surface area contributed by atoms with Crippen molar-refractivity contribution in [3.8, 4) is 0 Å². The summed E-state index contributed by atoms with van der Waals surface area (Å²) in [5, 5.41) is 2.61. The molecule has 0 saturated heterocycles. The first-order chi connectivity index (χ1) is 14.6. The third-order valence-electron chi connectivity index (χ3n) is 4.90. The molecular formula is C21H21BrN2O6S. The predicted molar refractivity (Wildman–Crippen MR) is 119 cm³/mol. The fourth-order valence-electron chi connectivity index (χ4n) is 3.39. The van der Waals surface area contributed by atoms with E-state index in [2.05, 4.69) is 26.0 Å². The van der Waals surface area contributed by atoms with Crippen LogP contribution in [0.1, 0.15) is 29.3 Å². The minimum atomic E-state index is -3.83. The number of carbonyl (C=O) groups excluding carboxylic acids is 3. The Balaban J connectivity index is 1.73. The molecule has 1 aliphatic rings. The number of fused-ring (bicyclic) bond motifs is 1. The first-order valence-corrected chi connectivity index (χ1v) is 11.9. The van der Waals surface area contributed by atoms with Crippen LogP contribution in [-0.2, 0) is 30.6 Å². The largest absolute Gasteiger partial charge is 0.465 e. The number of anilines is 2. The number of carbonyl (C=O) groups is 3. The summed E-state index contributed by atoms with van der Waals surface area (Å²) >= 11 is 3.33. The van der Waals surface area contributed by atoms with E-state index in [1.54, 1.807) is 0 Å². The molecule has 8 nitrogen and oxygen atoms in total. The lowest BCUT2D eigenvalue weighted by Gasteiger charge is -2.19. The normalized spacial score (nSPS) is 12.9. The zero-order valence-corrected chi connectivity index (χ0v) is 19.4. The standard InChI is InChI=1S/C21H21BrN2O6S/c1-13(25)24-9-7-15-11-16(22)12-18(20(15)24)31(28,29)10-8-19(26)23-17-5-3-14(4-6-17)21(27)30-2/h3-6,11-12H,7-10H2,1-2H3,(H,23,26). The molecule has 0 saturated carbocycles. The summed E-state index contributed by atoms with van der Waals surface area (Å²) in [6.07, 6.45) is 0.307. The SMILES string of the molecule is COC(=O)c1ccc(NC(=O)CCS(=O)(=O)c2cc(Br)cc3c2N(C(C)=O)CC3)cc1. The van der Waals surface area contributed by atoms with Gasteiger partial charge in [0.25, 0.3) is 0 Å². The van der Waals surface area contributed by atoms with Crippen LogP contribution in [0.3, 0.4) is 0 Å². The quantitative estimate of drug-likeness (QED) is 0.600. The Bertz CT molecular complexity index is 1150. The van der Waals surface area contributed by atoms with Crippen molar-refractivity contribution >= 4 is 54.9 Å². The molecule has 31 heavy (non-hydrogen) atoms. The first kappa shape index (κ1) is 23.0. The van der Waals surface area contributed by atoms with Crippen LogP contribution in [-0.4, -0.2) is 45.6 Å². The van der Waals surface area contributed by atoms with Gasteiger partial charge in [-0.15, -0.1) is 0 Å². The van der Waals surface area contributed by atoms with Crippen molar-refractivity contribution in [2.24, 2.45) is 0 Å². The smallest absolute Gasteiger partial charge is 0.337 e. The van der Waals surface area contributed by atoms with Gasteiger partial charge in [-0.2, -0.15) is 0 Å². The molecule has 2 amide bonds. The molecule has 1 aliphatic heterocycles. The summed E-state index contributed by atoms with van der Waals surface area (Å²) in [5.74, 6) is -1.62. The number of methoxy groups -OCH3 is 1. The fraction of sp³-hybridized carbons (Fsp3) is 0.286. The van der Waals surface area contributed by atoms with Crippen molar-refractivity contribution in [3.63, 3.8) is 0 Å². The van der Waals surface area contributed by atoms with E-state index in [9.17, 15) is 22.8 Å². The second-order valence-electron chi connectivity index (χ2n) is 7.02. The maximum atomic E-state index is 13.0. The van der Waals surface area contributed by atoms with Gasteiger partial charge in [0, 0.05) is 30.0 Å². The number of amides is 2. The monoisotopic (exact) mass is 508 g/mol. The van der Waals surface area contributed by atoms with E-state index in [1.807, 2.05) is 6.07 Å². The van der Waals surface area contributed by atoms with Gasteiger partial charge in [-0.25, -0.2) is 13.2 Å². The molecule has 164 valence electrons. The van der Waals surface area contributed by atoms with Crippen molar-refractivity contribution in [2.45, 2.75) is 24.7 Å². The van der Waals surface area contributed by atoms with Gasteiger partial charge in [-0.05, 0) is 48.4 Å². The van der Waals surface area contributed by atoms with E-state index >= 15 is 0 Å². The molecule has 3 rings (SSSR count). The van der Waals surface area contributed by atoms with Gasteiger partial charge in [0.2, 0.25) is 11.8 Å². The lowest BCUT2D eigenvalue weighted by Crippen LogP contribution is -2.27. The average molecular weight is 509 g/mol. The molecule has 0 radical (unpaired) electrons. The van der Waals surface area contributed by atoms with E-state index in [0.717, 1.165) is 5.56 Å². The second kappa shape index (κ2) is 9.19. The minimum Gasteiger partial charge on any atom is -0.465 e. The van der Waals surface area contributed by atoms with Gasteiger partial charge in [-0.3, -0.25) is 9.59 Å².